The molecule has 17 heteroatoms. The average Bonchev–Trinajstić information content (AvgIpc) is 2.22. The van der Waals surface area contributed by atoms with Crippen molar-refractivity contribution in [2.75, 3.05) is 39.3 Å². The number of carboxylic acid groups (broad SMARTS) is 4. The van der Waals surface area contributed by atoms with Crippen LogP contribution in [0, 0.1) is 0 Å². The molecule has 0 aliphatic rings. The van der Waals surface area contributed by atoms with Crippen molar-refractivity contribution >= 4 is 23.9 Å². The molecule has 0 unspecified atom stereocenters. The average molecular weight is 472 g/mol. The van der Waals surface area contributed by atoms with Crippen molar-refractivity contribution in [1.82, 2.24) is 9.80 Å². The summed E-state index contributed by atoms with van der Waals surface area (Å²) in [6.07, 6.45) is 0. The van der Waals surface area contributed by atoms with E-state index in [1.165, 1.54) is 0 Å². The fourth-order valence-electron chi connectivity index (χ4n) is 1.46. The van der Waals surface area contributed by atoms with Crippen molar-refractivity contribution in [1.29, 1.82) is 0 Å². The molecule has 1 radical (unpaired) electrons. The topological polar surface area (TPSA) is 287 Å². The minimum absolute atomic E-state index is 0. The molecule has 0 atom stereocenters. The zero-order chi connectivity index (χ0) is 15.7. The van der Waals surface area contributed by atoms with E-state index in [1.54, 1.807) is 0 Å². The summed E-state index contributed by atoms with van der Waals surface area (Å²) in [6, 6.07) is 0. The van der Waals surface area contributed by atoms with Crippen LogP contribution in [0.3, 0.4) is 0 Å². The van der Waals surface area contributed by atoms with Gasteiger partial charge in [-0.25, -0.2) is 0 Å². The molecule has 0 aliphatic heterocycles. The van der Waals surface area contributed by atoms with E-state index >= 15 is 0 Å². The molecule has 0 aliphatic carbocycles. The Kier molecular flexibility index (Phi) is 53.2. The van der Waals surface area contributed by atoms with Gasteiger partial charge in [-0.2, -0.15) is 0 Å². The van der Waals surface area contributed by atoms with Gasteiger partial charge >= 0.3 is 88.1 Å². The van der Waals surface area contributed by atoms with Gasteiger partial charge in [0.1, 0.15) is 0 Å². The Morgan fingerprint density at radius 1 is 0.630 bits per heavy atom. The third-order valence-electron chi connectivity index (χ3n) is 2.16. The molecule has 155 valence electrons. The van der Waals surface area contributed by atoms with Crippen LogP contribution in [0.1, 0.15) is 0 Å². The normalized spacial score (nSPS) is 7.93. The number of carbonyl (C=O) groups is 4. The molecule has 10 N–H and O–H groups in total. The van der Waals surface area contributed by atoms with Crippen LogP contribution in [0.25, 0.3) is 0 Å². The van der Waals surface area contributed by atoms with E-state index in [9.17, 15) is 29.4 Å². The maximum Gasteiger partial charge on any atom is 2.00 e. The summed E-state index contributed by atoms with van der Waals surface area (Å²) in [5.41, 5.74) is 0. The minimum Gasteiger partial charge on any atom is -0.549 e. The first-order valence-electron chi connectivity index (χ1n) is 5.48. The Morgan fingerprint density at radius 3 is 1.00 bits per heavy atom. The van der Waals surface area contributed by atoms with Crippen LogP contribution in [0.4, 0.5) is 0 Å². The standard InChI is InChI=1S/C10H16N2O8.Cu.2Na.4H2O/c13-7(14)3-11(4-8(15)16)1-2-12(5-9(17)18)6-10(19)20;;;;;;;/h1-6H2,(H,13,14)(H,15,16)(H,17,18)(H,19,20);;;;4*1H2/q;+2;2*+1;;;;/p-2. The van der Waals surface area contributed by atoms with Gasteiger partial charge in [0.15, 0.2) is 0 Å². The number of nitrogens with zero attached hydrogens (tertiary/aromatic N) is 2. The Bertz CT molecular complexity index is 336. The largest absolute Gasteiger partial charge is 2.00 e. The Morgan fingerprint density at radius 2 is 0.852 bits per heavy atom. The molecule has 0 aromatic rings. The van der Waals surface area contributed by atoms with E-state index in [2.05, 4.69) is 0 Å². The van der Waals surface area contributed by atoms with Crippen LogP contribution < -0.4 is 69.3 Å². The van der Waals surface area contributed by atoms with E-state index < -0.39 is 50.1 Å². The molecule has 0 amide bonds. The molecular formula is C10H22CuN2Na2O12+2. The molecule has 0 aromatic heterocycles. The quantitative estimate of drug-likeness (QED) is 0.268. The number of hydrogen-bond acceptors (Lipinski definition) is 8. The summed E-state index contributed by atoms with van der Waals surface area (Å²) in [5.74, 6) is -5.52. The SMILES string of the molecule is O.O.O.O.O=C([O-])CN(CCN(CC(=O)[O-])CC(=O)O)CC(=O)O.[Cu+2].[Na+].[Na+]. The van der Waals surface area contributed by atoms with Crippen molar-refractivity contribution in [3.8, 4) is 0 Å². The third-order valence-corrected chi connectivity index (χ3v) is 2.16. The van der Waals surface area contributed by atoms with Crippen LogP contribution in [0.15, 0.2) is 0 Å². The number of carboxylic acids is 4. The molecule has 0 fully saturated rings. The number of carbonyl (C=O) groups excluding carboxylic acids is 2. The van der Waals surface area contributed by atoms with Crippen LogP contribution in [-0.2, 0) is 36.2 Å². The molecule has 0 saturated heterocycles. The van der Waals surface area contributed by atoms with Crippen molar-refractivity contribution in [3.05, 3.63) is 0 Å². The van der Waals surface area contributed by atoms with E-state index in [4.69, 9.17) is 10.2 Å². The number of rotatable bonds is 11. The molecular weight excluding hydrogens is 450 g/mol. The molecule has 0 aromatic carbocycles. The predicted octanol–water partition coefficient (Wildman–Crippen LogP) is -14.0. The Balaban J connectivity index is -0.0000000860. The van der Waals surface area contributed by atoms with Gasteiger partial charge in [0.25, 0.3) is 0 Å². The second-order valence-corrected chi connectivity index (χ2v) is 3.95. The van der Waals surface area contributed by atoms with E-state index in [0.29, 0.717) is 0 Å². The van der Waals surface area contributed by atoms with E-state index in [-0.39, 0.29) is 111 Å². The summed E-state index contributed by atoms with van der Waals surface area (Å²) in [5, 5.41) is 38.0. The van der Waals surface area contributed by atoms with Gasteiger partial charge in [-0.05, 0) is 0 Å². The zero-order valence-corrected chi connectivity index (χ0v) is 19.7. The molecule has 0 rings (SSSR count). The maximum absolute atomic E-state index is 10.5. The summed E-state index contributed by atoms with van der Waals surface area (Å²) < 4.78 is 0. The van der Waals surface area contributed by atoms with Gasteiger partial charge in [0, 0.05) is 26.2 Å². The summed E-state index contributed by atoms with van der Waals surface area (Å²) in [7, 11) is 0. The second kappa shape index (κ2) is 28.4. The summed E-state index contributed by atoms with van der Waals surface area (Å²) in [4.78, 5) is 43.9. The fourth-order valence-corrected chi connectivity index (χ4v) is 1.46. The van der Waals surface area contributed by atoms with Crippen molar-refractivity contribution < 1.29 is 138 Å². The number of hydrogen-bond donors (Lipinski definition) is 2. The first kappa shape index (κ1) is 50.6. The molecule has 0 saturated carbocycles. The van der Waals surface area contributed by atoms with Crippen LogP contribution in [0.2, 0.25) is 0 Å². The van der Waals surface area contributed by atoms with Gasteiger partial charge < -0.3 is 51.9 Å². The van der Waals surface area contributed by atoms with Crippen LogP contribution in [0.5, 0.6) is 0 Å². The van der Waals surface area contributed by atoms with Gasteiger partial charge in [0.2, 0.25) is 0 Å². The van der Waals surface area contributed by atoms with Crippen LogP contribution in [-0.4, -0.2) is 105 Å². The van der Waals surface area contributed by atoms with Gasteiger partial charge in [-0.1, -0.05) is 0 Å². The molecule has 0 heterocycles. The predicted molar refractivity (Wildman–Crippen MR) is 72.6 cm³/mol. The second-order valence-electron chi connectivity index (χ2n) is 3.95. The van der Waals surface area contributed by atoms with Gasteiger partial charge in [-0.3, -0.25) is 19.4 Å². The smallest absolute Gasteiger partial charge is 0.549 e. The fraction of sp³-hybridized carbons (Fsp3) is 0.600. The Labute approximate surface area is 209 Å². The summed E-state index contributed by atoms with van der Waals surface area (Å²) >= 11 is 0. The van der Waals surface area contributed by atoms with E-state index in [1.807, 2.05) is 0 Å². The first-order valence-corrected chi connectivity index (χ1v) is 5.48. The molecule has 27 heavy (non-hydrogen) atoms. The maximum atomic E-state index is 10.5. The molecule has 0 spiro atoms. The van der Waals surface area contributed by atoms with Crippen molar-refractivity contribution in [3.63, 3.8) is 0 Å². The van der Waals surface area contributed by atoms with Crippen LogP contribution >= 0.6 is 0 Å². The van der Waals surface area contributed by atoms with Crippen molar-refractivity contribution in [2.45, 2.75) is 0 Å². The molecule has 14 nitrogen and oxygen atoms in total. The van der Waals surface area contributed by atoms with Crippen molar-refractivity contribution in [2.24, 2.45) is 0 Å². The van der Waals surface area contributed by atoms with E-state index in [0.717, 1.165) is 9.80 Å². The third kappa shape index (κ3) is 34.1. The van der Waals surface area contributed by atoms with Gasteiger partial charge in [-0.15, -0.1) is 0 Å². The Hall–Kier alpha value is 0.159. The zero-order valence-electron chi connectivity index (χ0n) is 14.8. The minimum atomic E-state index is -1.49. The first-order chi connectivity index (χ1) is 9.20. The molecule has 0 bridgehead atoms. The summed E-state index contributed by atoms with van der Waals surface area (Å²) in [6.45, 7) is -2.75. The monoisotopic (exact) mass is 471 g/mol. The number of aliphatic carboxylic acids is 4. The van der Waals surface area contributed by atoms with Gasteiger partial charge in [0.05, 0.1) is 25.0 Å².